The van der Waals surface area contributed by atoms with Crippen molar-refractivity contribution in [3.05, 3.63) is 36.3 Å². The lowest BCUT2D eigenvalue weighted by Gasteiger charge is -2.32. The van der Waals surface area contributed by atoms with E-state index in [4.69, 9.17) is 4.42 Å². The van der Waals surface area contributed by atoms with Gasteiger partial charge in [0.15, 0.2) is 12.1 Å². The topological polar surface area (TPSA) is 84.2 Å². The SMILES string of the molecule is Cc1ocnc1C(=O)N[C@@H]1CCCN(c2ncccn2)C1. The fourth-order valence-corrected chi connectivity index (χ4v) is 2.51. The number of nitrogens with one attached hydrogen (secondary N) is 1. The third-order valence-corrected chi connectivity index (χ3v) is 3.55. The monoisotopic (exact) mass is 287 g/mol. The maximum absolute atomic E-state index is 12.2. The summed E-state index contributed by atoms with van der Waals surface area (Å²) in [6.07, 6.45) is 6.66. The number of hydrogen-bond acceptors (Lipinski definition) is 6. The number of amides is 1. The molecule has 3 rings (SSSR count). The zero-order chi connectivity index (χ0) is 14.7. The molecule has 1 aliphatic rings. The van der Waals surface area contributed by atoms with Crippen molar-refractivity contribution in [3.63, 3.8) is 0 Å². The van der Waals surface area contributed by atoms with Crippen LogP contribution >= 0.6 is 0 Å². The molecule has 0 spiro atoms. The lowest BCUT2D eigenvalue weighted by molar-refractivity contribution is 0.0927. The van der Waals surface area contributed by atoms with E-state index in [-0.39, 0.29) is 11.9 Å². The van der Waals surface area contributed by atoms with Crippen LogP contribution in [0.3, 0.4) is 0 Å². The van der Waals surface area contributed by atoms with Crippen LogP contribution in [-0.4, -0.2) is 40.0 Å². The first-order valence-corrected chi connectivity index (χ1v) is 6.97. The molecule has 21 heavy (non-hydrogen) atoms. The summed E-state index contributed by atoms with van der Waals surface area (Å²) in [5, 5.41) is 3.00. The molecule has 1 amide bonds. The zero-order valence-corrected chi connectivity index (χ0v) is 11.8. The van der Waals surface area contributed by atoms with Crippen LogP contribution < -0.4 is 10.2 Å². The van der Waals surface area contributed by atoms with E-state index < -0.39 is 0 Å². The molecule has 0 aliphatic carbocycles. The van der Waals surface area contributed by atoms with Gasteiger partial charge in [0.1, 0.15) is 5.76 Å². The number of hydrogen-bond donors (Lipinski definition) is 1. The van der Waals surface area contributed by atoms with Gasteiger partial charge in [0.2, 0.25) is 5.95 Å². The first kappa shape index (κ1) is 13.5. The number of piperidine rings is 1. The van der Waals surface area contributed by atoms with Crippen LogP contribution in [0.1, 0.15) is 29.1 Å². The summed E-state index contributed by atoms with van der Waals surface area (Å²) in [6.45, 7) is 3.33. The molecule has 1 N–H and O–H groups in total. The van der Waals surface area contributed by atoms with Crippen molar-refractivity contribution < 1.29 is 9.21 Å². The highest BCUT2D eigenvalue weighted by Crippen LogP contribution is 2.16. The van der Waals surface area contributed by atoms with Crippen molar-refractivity contribution >= 4 is 11.9 Å². The van der Waals surface area contributed by atoms with Crippen LogP contribution in [0.5, 0.6) is 0 Å². The summed E-state index contributed by atoms with van der Waals surface area (Å²) in [5.74, 6) is 1.04. The minimum Gasteiger partial charge on any atom is -0.448 e. The summed E-state index contributed by atoms with van der Waals surface area (Å²) in [7, 11) is 0. The maximum atomic E-state index is 12.2. The quantitative estimate of drug-likeness (QED) is 0.912. The molecular weight excluding hydrogens is 270 g/mol. The van der Waals surface area contributed by atoms with E-state index in [0.717, 1.165) is 19.4 Å². The van der Waals surface area contributed by atoms with Crippen molar-refractivity contribution in [2.75, 3.05) is 18.0 Å². The Kier molecular flexibility index (Phi) is 3.81. The Morgan fingerprint density at radius 1 is 1.38 bits per heavy atom. The molecule has 2 aromatic heterocycles. The Morgan fingerprint density at radius 3 is 2.90 bits per heavy atom. The third-order valence-electron chi connectivity index (χ3n) is 3.55. The third kappa shape index (κ3) is 3.01. The van der Waals surface area contributed by atoms with Crippen molar-refractivity contribution in [1.29, 1.82) is 0 Å². The van der Waals surface area contributed by atoms with Crippen LogP contribution in [0.2, 0.25) is 0 Å². The van der Waals surface area contributed by atoms with Gasteiger partial charge in [-0.1, -0.05) is 0 Å². The highest BCUT2D eigenvalue weighted by atomic mass is 16.3. The van der Waals surface area contributed by atoms with Gasteiger partial charge in [-0.15, -0.1) is 0 Å². The van der Waals surface area contributed by atoms with E-state index in [0.29, 0.717) is 23.9 Å². The number of nitrogens with zero attached hydrogens (tertiary/aromatic N) is 4. The van der Waals surface area contributed by atoms with Crippen LogP contribution in [0.15, 0.2) is 29.3 Å². The minimum atomic E-state index is -0.193. The van der Waals surface area contributed by atoms with Crippen molar-refractivity contribution in [2.24, 2.45) is 0 Å². The van der Waals surface area contributed by atoms with Gasteiger partial charge >= 0.3 is 0 Å². The second kappa shape index (κ2) is 5.90. The van der Waals surface area contributed by atoms with E-state index in [1.54, 1.807) is 25.4 Å². The fourth-order valence-electron chi connectivity index (χ4n) is 2.51. The van der Waals surface area contributed by atoms with Gasteiger partial charge < -0.3 is 14.6 Å². The molecule has 0 bridgehead atoms. The van der Waals surface area contributed by atoms with E-state index in [1.807, 2.05) is 0 Å². The van der Waals surface area contributed by atoms with Crippen LogP contribution in [0, 0.1) is 6.92 Å². The predicted octanol–water partition coefficient (Wildman–Crippen LogP) is 1.17. The molecule has 110 valence electrons. The molecular formula is C14H17N5O2. The Bertz CT molecular complexity index is 613. The Balaban J connectivity index is 1.64. The van der Waals surface area contributed by atoms with Gasteiger partial charge in [-0.05, 0) is 25.8 Å². The zero-order valence-electron chi connectivity index (χ0n) is 11.8. The molecule has 7 nitrogen and oxygen atoms in total. The largest absolute Gasteiger partial charge is 0.448 e. The molecule has 1 aliphatic heterocycles. The fraction of sp³-hybridized carbons (Fsp3) is 0.429. The van der Waals surface area contributed by atoms with Gasteiger partial charge in [-0.2, -0.15) is 0 Å². The molecule has 0 saturated carbocycles. The lowest BCUT2D eigenvalue weighted by Crippen LogP contribution is -2.48. The average Bonchev–Trinajstić information content (AvgIpc) is 2.95. The Labute approximate surface area is 122 Å². The van der Waals surface area contributed by atoms with E-state index >= 15 is 0 Å². The molecule has 0 aromatic carbocycles. The molecule has 7 heteroatoms. The van der Waals surface area contributed by atoms with Crippen molar-refractivity contribution in [2.45, 2.75) is 25.8 Å². The van der Waals surface area contributed by atoms with Gasteiger partial charge in [-0.3, -0.25) is 4.79 Å². The second-order valence-electron chi connectivity index (χ2n) is 5.06. The molecule has 1 fully saturated rings. The number of carbonyl (C=O) groups is 1. The van der Waals surface area contributed by atoms with Crippen molar-refractivity contribution in [3.8, 4) is 0 Å². The first-order chi connectivity index (χ1) is 10.2. The molecule has 0 radical (unpaired) electrons. The second-order valence-corrected chi connectivity index (χ2v) is 5.06. The average molecular weight is 287 g/mol. The number of oxazole rings is 1. The van der Waals surface area contributed by atoms with E-state index in [9.17, 15) is 4.79 Å². The highest BCUT2D eigenvalue weighted by molar-refractivity contribution is 5.93. The number of aromatic nitrogens is 3. The summed E-state index contributed by atoms with van der Waals surface area (Å²) in [5.41, 5.74) is 0.350. The molecule has 2 aromatic rings. The predicted molar refractivity (Wildman–Crippen MR) is 76.0 cm³/mol. The first-order valence-electron chi connectivity index (χ1n) is 6.97. The Morgan fingerprint density at radius 2 is 2.19 bits per heavy atom. The smallest absolute Gasteiger partial charge is 0.273 e. The van der Waals surface area contributed by atoms with Gasteiger partial charge in [0.05, 0.1) is 0 Å². The van der Waals surface area contributed by atoms with Gasteiger partial charge in [-0.25, -0.2) is 15.0 Å². The number of aryl methyl sites for hydroxylation is 1. The van der Waals surface area contributed by atoms with Crippen LogP contribution in [-0.2, 0) is 0 Å². The highest BCUT2D eigenvalue weighted by Gasteiger charge is 2.24. The van der Waals surface area contributed by atoms with Crippen molar-refractivity contribution in [1.82, 2.24) is 20.3 Å². The van der Waals surface area contributed by atoms with Crippen LogP contribution in [0.25, 0.3) is 0 Å². The lowest BCUT2D eigenvalue weighted by atomic mass is 10.1. The molecule has 0 unspecified atom stereocenters. The summed E-state index contributed by atoms with van der Waals surface area (Å²) in [6, 6.07) is 1.85. The minimum absolute atomic E-state index is 0.0613. The summed E-state index contributed by atoms with van der Waals surface area (Å²) < 4.78 is 5.06. The van der Waals surface area contributed by atoms with Gasteiger partial charge in [0, 0.05) is 31.5 Å². The maximum Gasteiger partial charge on any atom is 0.273 e. The van der Waals surface area contributed by atoms with Gasteiger partial charge in [0.25, 0.3) is 5.91 Å². The summed E-state index contributed by atoms with van der Waals surface area (Å²) >= 11 is 0. The standard InChI is InChI=1S/C14H17N5O2/c1-10-12(17-9-21-10)13(20)18-11-4-2-7-19(8-11)14-15-5-3-6-16-14/h3,5-6,9,11H,2,4,7-8H2,1H3,(H,18,20)/t11-/m1/s1. The van der Waals surface area contributed by atoms with E-state index in [1.165, 1.54) is 6.39 Å². The Hall–Kier alpha value is -2.44. The van der Waals surface area contributed by atoms with Crippen LogP contribution in [0.4, 0.5) is 5.95 Å². The summed E-state index contributed by atoms with van der Waals surface area (Å²) in [4.78, 5) is 26.7. The molecule has 1 atom stereocenters. The number of rotatable bonds is 3. The van der Waals surface area contributed by atoms with E-state index in [2.05, 4.69) is 25.2 Å². The number of carbonyl (C=O) groups excluding carboxylic acids is 1. The molecule has 1 saturated heterocycles. The molecule has 3 heterocycles. The number of anilines is 1. The normalized spacial score (nSPS) is 18.5.